The van der Waals surface area contributed by atoms with Crippen LogP contribution in [-0.4, -0.2) is 17.2 Å². The van der Waals surface area contributed by atoms with Crippen LogP contribution >= 0.6 is 63.7 Å². The molecule has 0 unspecified atom stereocenters. The van der Waals surface area contributed by atoms with Gasteiger partial charge in [0.05, 0.1) is 15.2 Å². The molecule has 0 bridgehead atoms. The van der Waals surface area contributed by atoms with Gasteiger partial charge in [-0.3, -0.25) is 4.79 Å². The van der Waals surface area contributed by atoms with E-state index in [0.29, 0.717) is 19.2 Å². The van der Waals surface area contributed by atoms with E-state index in [2.05, 4.69) is 74.2 Å². The molecular weight excluding hydrogens is 540 g/mol. The van der Waals surface area contributed by atoms with E-state index in [1.54, 1.807) is 12.1 Å². The van der Waals surface area contributed by atoms with Crippen molar-refractivity contribution in [1.82, 2.24) is 5.43 Å². The highest BCUT2D eigenvalue weighted by atomic mass is 79.9. The van der Waals surface area contributed by atoms with Crippen molar-refractivity contribution in [2.24, 2.45) is 5.10 Å². The lowest BCUT2D eigenvalue weighted by molar-refractivity contribution is 0.0926. The fourth-order valence-electron chi connectivity index (χ4n) is 1.36. The van der Waals surface area contributed by atoms with Gasteiger partial charge in [-0.1, -0.05) is 15.9 Å². The van der Waals surface area contributed by atoms with E-state index in [9.17, 15) is 9.90 Å². The summed E-state index contributed by atoms with van der Waals surface area (Å²) in [5.41, 5.74) is 2.75. The number of hydrazone groups is 1. The normalized spacial score (nSPS) is 11.0. The van der Waals surface area contributed by atoms with Crippen molar-refractivity contribution >= 4 is 75.8 Å². The Labute approximate surface area is 153 Å². The van der Waals surface area contributed by atoms with Crippen LogP contribution in [0.2, 0.25) is 0 Å². The fourth-order valence-corrected chi connectivity index (χ4v) is 3.19. The highest BCUT2D eigenvalue weighted by Crippen LogP contribution is 2.30. The van der Waals surface area contributed by atoms with Crippen molar-refractivity contribution in [2.45, 2.75) is 0 Å². The Kier molecular flexibility index (Phi) is 5.64. The number of nitrogens with zero attached hydrogens (tertiary/aromatic N) is 1. The zero-order valence-corrected chi connectivity index (χ0v) is 16.4. The minimum absolute atomic E-state index is 0.0275. The fraction of sp³-hybridized carbons (Fsp3) is 0. The summed E-state index contributed by atoms with van der Waals surface area (Å²) in [5, 5.41) is 13.6. The molecule has 0 spiro atoms. The Hall–Kier alpha value is -0.640. The molecule has 1 aromatic carbocycles. The van der Waals surface area contributed by atoms with Crippen molar-refractivity contribution in [3.8, 4) is 5.75 Å². The lowest BCUT2D eigenvalue weighted by Gasteiger charge is -2.02. The zero-order valence-electron chi connectivity index (χ0n) is 10.0. The Bertz CT molecular complexity index is 708. The average Bonchev–Trinajstić information content (AvgIpc) is 2.75. The molecule has 0 atom stereocenters. The van der Waals surface area contributed by atoms with E-state index in [1.807, 2.05) is 0 Å². The van der Waals surface area contributed by atoms with Gasteiger partial charge in [0.25, 0.3) is 0 Å². The summed E-state index contributed by atoms with van der Waals surface area (Å²) in [6.45, 7) is 0. The van der Waals surface area contributed by atoms with E-state index in [1.165, 1.54) is 12.3 Å². The van der Waals surface area contributed by atoms with E-state index >= 15 is 0 Å². The van der Waals surface area contributed by atoms with Crippen LogP contribution in [0.1, 0.15) is 16.1 Å². The molecule has 1 aromatic heterocycles. The van der Waals surface area contributed by atoms with Crippen LogP contribution in [0.5, 0.6) is 5.75 Å². The minimum atomic E-state index is -0.508. The number of rotatable bonds is 3. The van der Waals surface area contributed by atoms with Gasteiger partial charge in [0.1, 0.15) is 5.75 Å². The molecule has 0 aliphatic carbocycles. The Morgan fingerprint density at radius 3 is 2.52 bits per heavy atom. The van der Waals surface area contributed by atoms with Crippen molar-refractivity contribution in [3.05, 3.63) is 47.6 Å². The summed E-state index contributed by atoms with van der Waals surface area (Å²) in [5.74, 6) is -0.378. The molecule has 110 valence electrons. The van der Waals surface area contributed by atoms with Crippen LogP contribution in [0.25, 0.3) is 0 Å². The van der Waals surface area contributed by atoms with Crippen LogP contribution in [-0.2, 0) is 0 Å². The largest absolute Gasteiger partial charge is 0.506 e. The molecule has 1 heterocycles. The number of halogens is 4. The highest BCUT2D eigenvalue weighted by molar-refractivity contribution is 9.13. The number of hydrogen-bond acceptors (Lipinski definition) is 4. The van der Waals surface area contributed by atoms with Gasteiger partial charge < -0.3 is 9.52 Å². The second-order valence-corrected chi connectivity index (χ2v) is 7.10. The second-order valence-electron chi connectivity index (χ2n) is 3.76. The lowest BCUT2D eigenvalue weighted by Crippen LogP contribution is -2.16. The number of amides is 1. The minimum Gasteiger partial charge on any atom is -0.506 e. The van der Waals surface area contributed by atoms with E-state index in [4.69, 9.17) is 4.42 Å². The summed E-state index contributed by atoms with van der Waals surface area (Å²) >= 11 is 12.9. The third kappa shape index (κ3) is 4.18. The van der Waals surface area contributed by atoms with Gasteiger partial charge in [0, 0.05) is 16.1 Å². The van der Waals surface area contributed by atoms with Crippen molar-refractivity contribution in [1.29, 1.82) is 0 Å². The summed E-state index contributed by atoms with van der Waals surface area (Å²) in [4.78, 5) is 11.8. The van der Waals surface area contributed by atoms with E-state index in [-0.39, 0.29) is 11.5 Å². The monoisotopic (exact) mass is 542 g/mol. The van der Waals surface area contributed by atoms with Gasteiger partial charge in [-0.05, 0) is 59.9 Å². The van der Waals surface area contributed by atoms with Gasteiger partial charge >= 0.3 is 5.91 Å². The molecule has 5 nitrogen and oxygen atoms in total. The first-order valence-corrected chi connectivity index (χ1v) is 8.52. The molecule has 0 saturated carbocycles. The van der Waals surface area contributed by atoms with Crippen LogP contribution < -0.4 is 5.43 Å². The lowest BCUT2D eigenvalue weighted by atomic mass is 10.2. The molecule has 2 rings (SSSR count). The number of carbonyl (C=O) groups excluding carboxylic acids is 1. The Morgan fingerprint density at radius 2 is 1.90 bits per heavy atom. The molecule has 0 fully saturated rings. The second kappa shape index (κ2) is 7.08. The van der Waals surface area contributed by atoms with Gasteiger partial charge in [-0.15, -0.1) is 0 Å². The number of furan rings is 1. The predicted molar refractivity (Wildman–Crippen MR) is 92.7 cm³/mol. The van der Waals surface area contributed by atoms with E-state index in [0.717, 1.165) is 4.47 Å². The number of carbonyl (C=O) groups is 1. The molecule has 21 heavy (non-hydrogen) atoms. The maximum atomic E-state index is 11.8. The molecular formula is C12H6Br4N2O3. The standard InChI is InChI=1S/C12H6Br4N2O3/c13-6-1-5(10(19)7(14)2-6)4-17-18-12(20)9-3-8(15)11(16)21-9/h1-4,19H,(H,18,20). The Morgan fingerprint density at radius 1 is 1.19 bits per heavy atom. The number of phenolic OH excluding ortho intramolecular Hbond substituents is 1. The smallest absolute Gasteiger partial charge is 0.307 e. The van der Waals surface area contributed by atoms with Crippen molar-refractivity contribution in [3.63, 3.8) is 0 Å². The molecule has 9 heteroatoms. The van der Waals surface area contributed by atoms with Gasteiger partial charge in [-0.25, -0.2) is 5.43 Å². The first kappa shape index (κ1) is 16.7. The van der Waals surface area contributed by atoms with Gasteiger partial charge in [0.15, 0.2) is 10.4 Å². The molecule has 2 N–H and O–H groups in total. The first-order chi connectivity index (χ1) is 9.88. The summed E-state index contributed by atoms with van der Waals surface area (Å²) in [6, 6.07) is 4.88. The number of hydrogen-bond donors (Lipinski definition) is 2. The third-order valence-corrected chi connectivity index (χ3v) is 5.07. The number of aromatic hydroxyl groups is 1. The van der Waals surface area contributed by atoms with Gasteiger partial charge in [0.2, 0.25) is 0 Å². The summed E-state index contributed by atoms with van der Waals surface area (Å²) in [7, 11) is 0. The van der Waals surface area contributed by atoms with Crippen LogP contribution in [0.4, 0.5) is 0 Å². The molecule has 0 radical (unpaired) electrons. The van der Waals surface area contributed by atoms with Crippen LogP contribution in [0.15, 0.2) is 45.8 Å². The number of benzene rings is 1. The summed E-state index contributed by atoms with van der Waals surface area (Å²) < 4.78 is 7.49. The van der Waals surface area contributed by atoms with Gasteiger partial charge in [-0.2, -0.15) is 5.10 Å². The van der Waals surface area contributed by atoms with Crippen LogP contribution in [0, 0.1) is 0 Å². The number of nitrogens with one attached hydrogen (secondary N) is 1. The zero-order chi connectivity index (χ0) is 15.6. The third-order valence-electron chi connectivity index (χ3n) is 2.30. The highest BCUT2D eigenvalue weighted by Gasteiger charge is 2.13. The van der Waals surface area contributed by atoms with Crippen molar-refractivity contribution in [2.75, 3.05) is 0 Å². The molecule has 1 amide bonds. The Balaban J connectivity index is 2.11. The summed E-state index contributed by atoms with van der Waals surface area (Å²) in [6.07, 6.45) is 1.33. The maximum Gasteiger partial charge on any atom is 0.307 e. The molecule has 0 saturated heterocycles. The molecule has 2 aromatic rings. The topological polar surface area (TPSA) is 74.8 Å². The maximum absolute atomic E-state index is 11.8. The van der Waals surface area contributed by atoms with E-state index < -0.39 is 5.91 Å². The number of phenols is 1. The molecule has 0 aliphatic heterocycles. The van der Waals surface area contributed by atoms with Crippen LogP contribution in [0.3, 0.4) is 0 Å². The predicted octanol–water partition coefficient (Wildman–Crippen LogP) is 4.80. The first-order valence-electron chi connectivity index (χ1n) is 5.34. The molecule has 0 aliphatic rings. The van der Waals surface area contributed by atoms with Crippen molar-refractivity contribution < 1.29 is 14.3 Å². The SMILES string of the molecule is O=C(NN=Cc1cc(Br)cc(Br)c1O)c1cc(Br)c(Br)o1. The average molecular weight is 546 g/mol. The quantitative estimate of drug-likeness (QED) is 0.430.